The average molecular weight is 313 g/mol. The summed E-state index contributed by atoms with van der Waals surface area (Å²) in [5.41, 5.74) is 5.94. The summed E-state index contributed by atoms with van der Waals surface area (Å²) in [5.74, 6) is -0.295. The zero-order chi connectivity index (χ0) is 13.1. The molecule has 0 aliphatic rings. The van der Waals surface area contributed by atoms with Gasteiger partial charge in [0.2, 0.25) is 5.91 Å². The van der Waals surface area contributed by atoms with E-state index < -0.39 is 0 Å². The SMILES string of the molecule is Nc1ccn(CC(=O)Nc2ccc(F)c(Br)c2)n1. The molecule has 0 saturated heterocycles. The van der Waals surface area contributed by atoms with Crippen molar-refractivity contribution in [2.75, 3.05) is 11.1 Å². The van der Waals surface area contributed by atoms with Crippen molar-refractivity contribution in [3.05, 3.63) is 40.8 Å². The molecule has 18 heavy (non-hydrogen) atoms. The number of nitrogens with zero attached hydrogens (tertiary/aromatic N) is 2. The first-order chi connectivity index (χ1) is 8.54. The Kier molecular flexibility index (Phi) is 3.61. The number of halogens is 2. The van der Waals surface area contributed by atoms with Crippen molar-refractivity contribution < 1.29 is 9.18 Å². The van der Waals surface area contributed by atoms with Gasteiger partial charge in [-0.15, -0.1) is 0 Å². The molecule has 1 amide bonds. The molecule has 0 saturated carbocycles. The van der Waals surface area contributed by atoms with Crippen molar-refractivity contribution in [1.29, 1.82) is 0 Å². The summed E-state index contributed by atoms with van der Waals surface area (Å²) in [6.45, 7) is 0.0478. The number of carbonyl (C=O) groups is 1. The quantitative estimate of drug-likeness (QED) is 0.910. The molecule has 0 aliphatic heterocycles. The van der Waals surface area contributed by atoms with Gasteiger partial charge >= 0.3 is 0 Å². The van der Waals surface area contributed by atoms with E-state index in [1.807, 2.05) is 0 Å². The van der Waals surface area contributed by atoms with E-state index in [9.17, 15) is 9.18 Å². The van der Waals surface area contributed by atoms with Crippen LogP contribution in [0.25, 0.3) is 0 Å². The van der Waals surface area contributed by atoms with Gasteiger partial charge in [0, 0.05) is 11.9 Å². The van der Waals surface area contributed by atoms with Crippen LogP contribution in [0.4, 0.5) is 15.9 Å². The number of rotatable bonds is 3. The number of aromatic nitrogens is 2. The molecule has 7 heteroatoms. The van der Waals surface area contributed by atoms with Gasteiger partial charge < -0.3 is 11.1 Å². The zero-order valence-corrected chi connectivity index (χ0v) is 10.8. The summed E-state index contributed by atoms with van der Waals surface area (Å²) in [6.07, 6.45) is 1.61. The van der Waals surface area contributed by atoms with Crippen LogP contribution < -0.4 is 11.1 Å². The molecule has 2 rings (SSSR count). The lowest BCUT2D eigenvalue weighted by atomic mass is 10.3. The second-order valence-electron chi connectivity index (χ2n) is 3.62. The summed E-state index contributed by atoms with van der Waals surface area (Å²) in [4.78, 5) is 11.7. The third-order valence-electron chi connectivity index (χ3n) is 2.17. The fraction of sp³-hybridized carbons (Fsp3) is 0.0909. The molecule has 0 radical (unpaired) electrons. The van der Waals surface area contributed by atoms with Crippen LogP contribution in [0, 0.1) is 5.82 Å². The van der Waals surface area contributed by atoms with E-state index in [-0.39, 0.29) is 18.3 Å². The second-order valence-corrected chi connectivity index (χ2v) is 4.47. The van der Waals surface area contributed by atoms with E-state index in [1.54, 1.807) is 12.3 Å². The minimum Gasteiger partial charge on any atom is -0.382 e. The lowest BCUT2D eigenvalue weighted by molar-refractivity contribution is -0.116. The fourth-order valence-corrected chi connectivity index (χ4v) is 1.77. The van der Waals surface area contributed by atoms with E-state index in [4.69, 9.17) is 5.73 Å². The van der Waals surface area contributed by atoms with Gasteiger partial charge in [-0.25, -0.2) is 4.39 Å². The third kappa shape index (κ3) is 3.07. The van der Waals surface area contributed by atoms with Gasteiger partial charge in [0.15, 0.2) is 0 Å². The molecule has 1 heterocycles. The highest BCUT2D eigenvalue weighted by molar-refractivity contribution is 9.10. The van der Waals surface area contributed by atoms with E-state index in [2.05, 4.69) is 26.3 Å². The molecule has 3 N–H and O–H groups in total. The predicted octanol–water partition coefficient (Wildman–Crippen LogP) is 2.01. The molecule has 0 atom stereocenters. The maximum Gasteiger partial charge on any atom is 0.246 e. The van der Waals surface area contributed by atoms with Gasteiger partial charge in [-0.1, -0.05) is 0 Å². The van der Waals surface area contributed by atoms with Crippen LogP contribution in [0.5, 0.6) is 0 Å². The second kappa shape index (κ2) is 5.18. The number of nitrogens with two attached hydrogens (primary N) is 1. The van der Waals surface area contributed by atoms with Crippen LogP contribution in [-0.2, 0) is 11.3 Å². The van der Waals surface area contributed by atoms with E-state index >= 15 is 0 Å². The Morgan fingerprint density at radius 3 is 2.89 bits per heavy atom. The van der Waals surface area contributed by atoms with Crippen LogP contribution in [0.1, 0.15) is 0 Å². The zero-order valence-electron chi connectivity index (χ0n) is 9.23. The number of anilines is 2. The smallest absolute Gasteiger partial charge is 0.246 e. The minimum absolute atomic E-state index is 0.0478. The average Bonchev–Trinajstić information content (AvgIpc) is 2.69. The van der Waals surface area contributed by atoms with Crippen molar-refractivity contribution in [1.82, 2.24) is 9.78 Å². The molecule has 0 fully saturated rings. The Labute approximate surface area is 111 Å². The fourth-order valence-electron chi connectivity index (χ4n) is 1.39. The molecule has 2 aromatic rings. The number of amides is 1. The first-order valence-corrected chi connectivity index (χ1v) is 5.88. The lowest BCUT2D eigenvalue weighted by Gasteiger charge is -2.06. The Morgan fingerprint density at radius 2 is 2.28 bits per heavy atom. The number of nitrogens with one attached hydrogen (secondary N) is 1. The van der Waals surface area contributed by atoms with Crippen molar-refractivity contribution in [3.63, 3.8) is 0 Å². The van der Waals surface area contributed by atoms with Crippen LogP contribution in [-0.4, -0.2) is 15.7 Å². The molecule has 0 spiro atoms. The molecule has 1 aromatic carbocycles. The largest absolute Gasteiger partial charge is 0.382 e. The van der Waals surface area contributed by atoms with E-state index in [0.717, 1.165) is 0 Å². The monoisotopic (exact) mass is 312 g/mol. The maximum absolute atomic E-state index is 13.0. The summed E-state index contributed by atoms with van der Waals surface area (Å²) in [7, 11) is 0. The standard InChI is InChI=1S/C11H10BrFN4O/c12-8-5-7(1-2-9(8)13)15-11(18)6-17-4-3-10(14)16-17/h1-5H,6H2,(H2,14,16)(H,15,18). The molecular weight excluding hydrogens is 303 g/mol. The summed E-state index contributed by atoms with van der Waals surface area (Å²) in [6, 6.07) is 5.84. The Balaban J connectivity index is 2.00. The summed E-state index contributed by atoms with van der Waals surface area (Å²) >= 11 is 3.05. The first-order valence-electron chi connectivity index (χ1n) is 5.08. The van der Waals surface area contributed by atoms with Gasteiger partial charge in [0.05, 0.1) is 4.47 Å². The Hall–Kier alpha value is -1.89. The molecule has 0 aliphatic carbocycles. The summed E-state index contributed by atoms with van der Waals surface area (Å²) < 4.78 is 14.7. The topological polar surface area (TPSA) is 72.9 Å². The van der Waals surface area contributed by atoms with Gasteiger partial charge in [0.1, 0.15) is 18.2 Å². The van der Waals surface area contributed by atoms with Crippen molar-refractivity contribution in [2.45, 2.75) is 6.54 Å². The normalized spacial score (nSPS) is 10.3. The van der Waals surface area contributed by atoms with E-state index in [0.29, 0.717) is 16.0 Å². The lowest BCUT2D eigenvalue weighted by Crippen LogP contribution is -2.19. The van der Waals surface area contributed by atoms with Crippen LogP contribution in [0.3, 0.4) is 0 Å². The van der Waals surface area contributed by atoms with Crippen molar-refractivity contribution >= 4 is 33.3 Å². The Morgan fingerprint density at radius 1 is 1.50 bits per heavy atom. The number of benzene rings is 1. The van der Waals surface area contributed by atoms with Gasteiger partial charge in [0.25, 0.3) is 0 Å². The van der Waals surface area contributed by atoms with Gasteiger partial charge in [-0.3, -0.25) is 9.48 Å². The van der Waals surface area contributed by atoms with E-state index in [1.165, 1.54) is 22.9 Å². The summed E-state index contributed by atoms with van der Waals surface area (Å²) in [5, 5.41) is 6.52. The molecule has 94 valence electrons. The van der Waals surface area contributed by atoms with Gasteiger partial charge in [-0.2, -0.15) is 5.10 Å². The van der Waals surface area contributed by atoms with Crippen LogP contribution in [0.15, 0.2) is 34.9 Å². The Bertz CT molecular complexity index is 584. The number of carbonyl (C=O) groups excluding carboxylic acids is 1. The van der Waals surface area contributed by atoms with Crippen molar-refractivity contribution in [2.24, 2.45) is 0 Å². The highest BCUT2D eigenvalue weighted by atomic mass is 79.9. The third-order valence-corrected chi connectivity index (χ3v) is 2.78. The number of hydrogen-bond acceptors (Lipinski definition) is 3. The molecular formula is C11H10BrFN4O. The van der Waals surface area contributed by atoms with Gasteiger partial charge in [-0.05, 0) is 40.2 Å². The first kappa shape index (κ1) is 12.6. The van der Waals surface area contributed by atoms with Crippen LogP contribution >= 0.6 is 15.9 Å². The highest BCUT2D eigenvalue weighted by Crippen LogP contribution is 2.19. The van der Waals surface area contributed by atoms with Crippen molar-refractivity contribution in [3.8, 4) is 0 Å². The predicted molar refractivity (Wildman–Crippen MR) is 69.4 cm³/mol. The molecule has 0 unspecified atom stereocenters. The molecule has 0 bridgehead atoms. The maximum atomic E-state index is 13.0. The number of nitrogen functional groups attached to an aromatic ring is 1. The molecule has 1 aromatic heterocycles. The highest BCUT2D eigenvalue weighted by Gasteiger charge is 2.06. The number of hydrogen-bond donors (Lipinski definition) is 2. The van der Waals surface area contributed by atoms with Crippen LogP contribution in [0.2, 0.25) is 0 Å². The minimum atomic E-state index is -0.382. The molecule has 5 nitrogen and oxygen atoms in total.